The fraction of sp³-hybridized carbons (Fsp3) is 0.107. The van der Waals surface area contributed by atoms with E-state index in [2.05, 4.69) is 9.97 Å². The van der Waals surface area contributed by atoms with Gasteiger partial charge in [0.1, 0.15) is 0 Å². The first-order valence-corrected chi connectivity index (χ1v) is 14.1. The van der Waals surface area contributed by atoms with Gasteiger partial charge in [0.05, 0.1) is 38.6 Å². The Morgan fingerprint density at radius 1 is 0.900 bits per heavy atom. The van der Waals surface area contributed by atoms with Crippen molar-refractivity contribution in [2.75, 3.05) is 16.3 Å². The minimum atomic E-state index is -4.62. The molecule has 0 saturated carbocycles. The fourth-order valence-electron chi connectivity index (χ4n) is 4.02. The summed E-state index contributed by atoms with van der Waals surface area (Å²) in [5.41, 5.74) is -0.0466. The number of pyridine rings is 1. The largest absolute Gasteiger partial charge is 0.418 e. The number of carbonyl (C=O) groups is 1. The first-order valence-electron chi connectivity index (χ1n) is 11.9. The summed E-state index contributed by atoms with van der Waals surface area (Å²) in [6, 6.07) is 22.8. The standard InChI is InChI=1S/C28H21F3N4O3S2/c1-34(21-9-3-2-4-10-21)40(37,38)22-15-13-19(14-16-22)26(36)35(18-20-8-5-6-17-32-20)27-33-25-23(28(29,30)31)11-7-12-24(25)39-27/h2-17H,18H2,1H3. The van der Waals surface area contributed by atoms with E-state index in [0.717, 1.165) is 21.7 Å². The lowest BCUT2D eigenvalue weighted by atomic mass is 10.2. The maximum Gasteiger partial charge on any atom is 0.418 e. The zero-order valence-electron chi connectivity index (χ0n) is 20.9. The summed E-state index contributed by atoms with van der Waals surface area (Å²) < 4.78 is 68.6. The maximum absolute atomic E-state index is 13.7. The predicted octanol–water partition coefficient (Wildman–Crippen LogP) is 6.38. The molecule has 0 spiro atoms. The lowest BCUT2D eigenvalue weighted by Crippen LogP contribution is -2.31. The summed E-state index contributed by atoms with van der Waals surface area (Å²) in [5, 5.41) is 0.0582. The average molecular weight is 583 g/mol. The molecule has 0 aliphatic heterocycles. The van der Waals surface area contributed by atoms with E-state index in [9.17, 15) is 26.4 Å². The summed E-state index contributed by atoms with van der Waals surface area (Å²) in [5.74, 6) is -0.571. The van der Waals surface area contributed by atoms with Crippen molar-refractivity contribution in [3.05, 3.63) is 114 Å². The Bertz CT molecular complexity index is 1760. The molecule has 0 radical (unpaired) electrons. The Kier molecular flexibility index (Phi) is 7.30. The van der Waals surface area contributed by atoms with Gasteiger partial charge < -0.3 is 0 Å². The number of nitrogens with zero attached hydrogens (tertiary/aromatic N) is 4. The van der Waals surface area contributed by atoms with Crippen LogP contribution in [0.1, 0.15) is 21.6 Å². The maximum atomic E-state index is 13.7. The van der Waals surface area contributed by atoms with E-state index in [4.69, 9.17) is 0 Å². The molecule has 0 saturated heterocycles. The van der Waals surface area contributed by atoms with Gasteiger partial charge in [-0.2, -0.15) is 13.2 Å². The SMILES string of the molecule is CN(c1ccccc1)S(=O)(=O)c1ccc(C(=O)N(Cc2ccccn2)c2nc3c(C(F)(F)F)cccc3s2)cc1. The van der Waals surface area contributed by atoms with E-state index in [-0.39, 0.29) is 32.4 Å². The van der Waals surface area contributed by atoms with Gasteiger partial charge in [0, 0.05) is 18.8 Å². The minimum Gasteiger partial charge on any atom is -0.278 e. The van der Waals surface area contributed by atoms with Crippen LogP contribution in [-0.2, 0) is 22.7 Å². The molecule has 5 aromatic rings. The molecule has 0 aliphatic rings. The second kappa shape index (κ2) is 10.7. The molecule has 40 heavy (non-hydrogen) atoms. The van der Waals surface area contributed by atoms with Gasteiger partial charge in [-0.3, -0.25) is 19.0 Å². The second-order valence-corrected chi connectivity index (χ2v) is 11.7. The molecule has 0 N–H and O–H groups in total. The van der Waals surface area contributed by atoms with Gasteiger partial charge in [0.2, 0.25) is 0 Å². The van der Waals surface area contributed by atoms with Crippen LogP contribution in [0.5, 0.6) is 0 Å². The number of amides is 1. The number of thiazole rings is 1. The highest BCUT2D eigenvalue weighted by atomic mass is 32.2. The molecule has 0 unspecified atom stereocenters. The lowest BCUT2D eigenvalue weighted by molar-refractivity contribution is -0.136. The van der Waals surface area contributed by atoms with Crippen LogP contribution in [0.2, 0.25) is 0 Å². The third-order valence-corrected chi connectivity index (χ3v) is 8.96. The van der Waals surface area contributed by atoms with Crippen LogP contribution in [-0.4, -0.2) is 31.3 Å². The first kappa shape index (κ1) is 27.3. The van der Waals surface area contributed by atoms with Crippen molar-refractivity contribution < 1.29 is 26.4 Å². The zero-order valence-corrected chi connectivity index (χ0v) is 22.5. The Labute approximate surface area is 232 Å². The van der Waals surface area contributed by atoms with Gasteiger partial charge in [0.25, 0.3) is 15.9 Å². The van der Waals surface area contributed by atoms with Gasteiger partial charge in [-0.1, -0.05) is 41.7 Å². The molecule has 5 rings (SSSR count). The summed E-state index contributed by atoms with van der Waals surface area (Å²) in [4.78, 5) is 23.4. The minimum absolute atomic E-state index is 0.0264. The molecular formula is C28H21F3N4O3S2. The number of benzene rings is 3. The van der Waals surface area contributed by atoms with E-state index in [1.54, 1.807) is 54.7 Å². The Morgan fingerprint density at radius 3 is 2.25 bits per heavy atom. The van der Waals surface area contributed by atoms with Gasteiger partial charge in [-0.05, 0) is 60.7 Å². The second-order valence-electron chi connectivity index (χ2n) is 8.69. The number of aromatic nitrogens is 2. The molecule has 0 fully saturated rings. The predicted molar refractivity (Wildman–Crippen MR) is 148 cm³/mol. The molecule has 204 valence electrons. The molecule has 2 heterocycles. The molecule has 12 heteroatoms. The van der Waals surface area contributed by atoms with Gasteiger partial charge in [-0.25, -0.2) is 13.4 Å². The van der Waals surface area contributed by atoms with Gasteiger partial charge >= 0.3 is 6.18 Å². The van der Waals surface area contributed by atoms with Crippen molar-refractivity contribution in [1.82, 2.24) is 9.97 Å². The number of alkyl halides is 3. The fourth-order valence-corrected chi connectivity index (χ4v) is 6.21. The van der Waals surface area contributed by atoms with E-state index >= 15 is 0 Å². The number of hydrogen-bond donors (Lipinski definition) is 0. The van der Waals surface area contributed by atoms with E-state index in [1.807, 2.05) is 0 Å². The van der Waals surface area contributed by atoms with Crippen LogP contribution in [0.4, 0.5) is 24.0 Å². The number of hydrogen-bond acceptors (Lipinski definition) is 6. The highest BCUT2D eigenvalue weighted by Crippen LogP contribution is 2.39. The van der Waals surface area contributed by atoms with Crippen molar-refractivity contribution in [1.29, 1.82) is 0 Å². The molecule has 0 aliphatic carbocycles. The number of carbonyl (C=O) groups excluding carboxylic acids is 1. The topological polar surface area (TPSA) is 83.5 Å². The number of halogens is 3. The first-order chi connectivity index (χ1) is 19.1. The van der Waals surface area contributed by atoms with Crippen molar-refractivity contribution in [3.63, 3.8) is 0 Å². The van der Waals surface area contributed by atoms with Crippen LogP contribution in [0.15, 0.2) is 102 Å². The quantitative estimate of drug-likeness (QED) is 0.222. The number of anilines is 2. The van der Waals surface area contributed by atoms with Crippen molar-refractivity contribution in [2.45, 2.75) is 17.6 Å². The Morgan fingerprint density at radius 2 is 1.60 bits per heavy atom. The van der Waals surface area contributed by atoms with Crippen LogP contribution >= 0.6 is 11.3 Å². The molecule has 0 atom stereocenters. The summed E-state index contributed by atoms with van der Waals surface area (Å²) in [6.45, 7) is -0.0579. The monoisotopic (exact) mass is 582 g/mol. The van der Waals surface area contributed by atoms with Crippen molar-refractivity contribution in [3.8, 4) is 0 Å². The van der Waals surface area contributed by atoms with E-state index in [1.165, 1.54) is 48.3 Å². The lowest BCUT2D eigenvalue weighted by Gasteiger charge is -2.21. The van der Waals surface area contributed by atoms with Crippen LogP contribution in [0.25, 0.3) is 10.2 Å². The molecule has 2 aromatic heterocycles. The number of rotatable bonds is 7. The number of sulfonamides is 1. The third kappa shape index (κ3) is 5.40. The van der Waals surface area contributed by atoms with E-state index in [0.29, 0.717) is 11.4 Å². The van der Waals surface area contributed by atoms with Crippen LogP contribution < -0.4 is 9.21 Å². The number of fused-ring (bicyclic) bond motifs is 1. The van der Waals surface area contributed by atoms with Crippen LogP contribution in [0, 0.1) is 0 Å². The molecule has 1 amide bonds. The molecule has 3 aromatic carbocycles. The smallest absolute Gasteiger partial charge is 0.278 e. The van der Waals surface area contributed by atoms with Crippen molar-refractivity contribution >= 4 is 48.3 Å². The van der Waals surface area contributed by atoms with E-state index < -0.39 is 27.7 Å². The summed E-state index contributed by atoms with van der Waals surface area (Å²) in [6.07, 6.45) is -3.07. The molecular weight excluding hydrogens is 561 g/mol. The Balaban J connectivity index is 1.51. The highest BCUT2D eigenvalue weighted by molar-refractivity contribution is 7.92. The highest BCUT2D eigenvalue weighted by Gasteiger charge is 2.34. The van der Waals surface area contributed by atoms with Gasteiger partial charge in [-0.15, -0.1) is 0 Å². The number of para-hydroxylation sites is 2. The van der Waals surface area contributed by atoms with Gasteiger partial charge in [0.15, 0.2) is 5.13 Å². The Hall–Kier alpha value is -4.29. The molecule has 0 bridgehead atoms. The average Bonchev–Trinajstić information content (AvgIpc) is 3.40. The third-order valence-electron chi connectivity index (χ3n) is 6.11. The zero-order chi connectivity index (χ0) is 28.5. The molecule has 7 nitrogen and oxygen atoms in total. The summed E-state index contributed by atoms with van der Waals surface area (Å²) in [7, 11) is -2.48. The normalized spacial score (nSPS) is 11.9. The van der Waals surface area contributed by atoms with Crippen LogP contribution in [0.3, 0.4) is 0 Å². The summed E-state index contributed by atoms with van der Waals surface area (Å²) >= 11 is 0.950. The van der Waals surface area contributed by atoms with Crippen molar-refractivity contribution in [2.24, 2.45) is 0 Å².